The van der Waals surface area contributed by atoms with Crippen molar-refractivity contribution in [3.05, 3.63) is 78.4 Å². The maximum absolute atomic E-state index is 13.1. The molecule has 0 aliphatic carbocycles. The van der Waals surface area contributed by atoms with Crippen LogP contribution in [-0.2, 0) is 0 Å². The summed E-state index contributed by atoms with van der Waals surface area (Å²) in [5.74, 6) is 0.610. The first-order valence-electron chi connectivity index (χ1n) is 6.83. The van der Waals surface area contributed by atoms with Crippen LogP contribution in [0.4, 0.5) is 4.39 Å². The zero-order valence-corrected chi connectivity index (χ0v) is 11.5. The minimum absolute atomic E-state index is 0.0664. The van der Waals surface area contributed by atoms with Crippen LogP contribution >= 0.6 is 0 Å². The van der Waals surface area contributed by atoms with E-state index in [1.54, 1.807) is 18.3 Å². The molecule has 3 nitrogen and oxygen atoms in total. The average molecular weight is 281 g/mol. The third-order valence-corrected chi connectivity index (χ3v) is 3.51. The number of nitrogens with zero attached hydrogens (tertiary/aromatic N) is 2. The summed E-state index contributed by atoms with van der Waals surface area (Å²) in [6.07, 6.45) is 3.66. The van der Waals surface area contributed by atoms with Gasteiger partial charge in [-0.25, -0.2) is 9.37 Å². The maximum atomic E-state index is 13.1. The lowest BCUT2D eigenvalue weighted by Crippen LogP contribution is -2.20. The first-order valence-corrected chi connectivity index (χ1v) is 6.83. The lowest BCUT2D eigenvalue weighted by molar-refractivity contribution is 0.593. The fourth-order valence-corrected chi connectivity index (χ4v) is 2.47. The Morgan fingerprint density at radius 3 is 2.43 bits per heavy atom. The van der Waals surface area contributed by atoms with E-state index in [1.807, 2.05) is 41.1 Å². The minimum atomic E-state index is -0.247. The van der Waals surface area contributed by atoms with Crippen LogP contribution in [0.2, 0.25) is 0 Å². The van der Waals surface area contributed by atoms with Gasteiger partial charge >= 0.3 is 0 Å². The molecule has 4 heteroatoms. The topological polar surface area (TPSA) is 43.8 Å². The van der Waals surface area contributed by atoms with Gasteiger partial charge < -0.3 is 10.3 Å². The van der Waals surface area contributed by atoms with Crippen molar-refractivity contribution < 1.29 is 4.39 Å². The van der Waals surface area contributed by atoms with E-state index in [1.165, 1.54) is 12.1 Å². The summed E-state index contributed by atoms with van der Waals surface area (Å²) >= 11 is 0. The highest BCUT2D eigenvalue weighted by Gasteiger charge is 2.16. The third kappa shape index (κ3) is 2.71. The standard InChI is InChI=1S/C17H16FN3/c18-15-8-6-13(7-9-15)16(12-19)21-11-10-20-17(21)14-4-2-1-3-5-14/h1-11,16H,12,19H2. The van der Waals surface area contributed by atoms with Crippen molar-refractivity contribution in [2.45, 2.75) is 6.04 Å². The molecule has 2 N–H and O–H groups in total. The van der Waals surface area contributed by atoms with E-state index < -0.39 is 0 Å². The van der Waals surface area contributed by atoms with Crippen LogP contribution in [-0.4, -0.2) is 16.1 Å². The van der Waals surface area contributed by atoms with Crippen molar-refractivity contribution in [2.24, 2.45) is 5.73 Å². The van der Waals surface area contributed by atoms with E-state index in [0.717, 1.165) is 17.0 Å². The molecule has 0 spiro atoms. The lowest BCUT2D eigenvalue weighted by atomic mass is 10.1. The van der Waals surface area contributed by atoms with Gasteiger partial charge in [-0.05, 0) is 17.7 Å². The van der Waals surface area contributed by atoms with Crippen molar-refractivity contribution in [1.29, 1.82) is 0 Å². The molecule has 1 unspecified atom stereocenters. The van der Waals surface area contributed by atoms with E-state index in [4.69, 9.17) is 5.73 Å². The van der Waals surface area contributed by atoms with Crippen LogP contribution < -0.4 is 5.73 Å². The summed E-state index contributed by atoms with van der Waals surface area (Å²) in [6.45, 7) is 0.418. The highest BCUT2D eigenvalue weighted by molar-refractivity contribution is 5.55. The fraction of sp³-hybridized carbons (Fsp3) is 0.118. The summed E-state index contributed by atoms with van der Waals surface area (Å²) in [6, 6.07) is 16.3. The number of benzene rings is 2. The summed E-state index contributed by atoms with van der Waals surface area (Å²) in [5, 5.41) is 0. The molecule has 1 atom stereocenters. The molecular formula is C17H16FN3. The summed E-state index contributed by atoms with van der Waals surface area (Å²) in [4.78, 5) is 4.43. The molecule has 0 fully saturated rings. The Labute approximate surface area is 122 Å². The Morgan fingerprint density at radius 2 is 1.76 bits per heavy atom. The van der Waals surface area contributed by atoms with E-state index >= 15 is 0 Å². The summed E-state index contributed by atoms with van der Waals surface area (Å²) in [5.41, 5.74) is 7.94. The van der Waals surface area contributed by atoms with Crippen molar-refractivity contribution in [2.75, 3.05) is 6.54 Å². The van der Waals surface area contributed by atoms with Crippen molar-refractivity contribution >= 4 is 0 Å². The molecule has 106 valence electrons. The largest absolute Gasteiger partial charge is 0.328 e. The monoisotopic (exact) mass is 281 g/mol. The molecule has 0 aliphatic rings. The van der Waals surface area contributed by atoms with E-state index in [-0.39, 0.29) is 11.9 Å². The number of rotatable bonds is 4. The number of aromatic nitrogens is 2. The fourth-order valence-electron chi connectivity index (χ4n) is 2.47. The normalized spacial score (nSPS) is 12.3. The molecule has 0 saturated carbocycles. The molecule has 0 saturated heterocycles. The van der Waals surface area contributed by atoms with Gasteiger partial charge in [0, 0.05) is 24.5 Å². The van der Waals surface area contributed by atoms with Crippen LogP contribution in [0.3, 0.4) is 0 Å². The Bertz CT molecular complexity index is 704. The quantitative estimate of drug-likeness (QED) is 0.798. The van der Waals surface area contributed by atoms with Crippen molar-refractivity contribution in [1.82, 2.24) is 9.55 Å². The van der Waals surface area contributed by atoms with Crippen LogP contribution in [0.25, 0.3) is 11.4 Å². The molecule has 0 bridgehead atoms. The summed E-state index contributed by atoms with van der Waals surface area (Å²) in [7, 11) is 0. The summed E-state index contributed by atoms with van der Waals surface area (Å²) < 4.78 is 15.1. The maximum Gasteiger partial charge on any atom is 0.140 e. The second-order valence-corrected chi connectivity index (χ2v) is 4.83. The zero-order chi connectivity index (χ0) is 14.7. The number of hydrogen-bond acceptors (Lipinski definition) is 2. The molecular weight excluding hydrogens is 265 g/mol. The highest BCUT2D eigenvalue weighted by Crippen LogP contribution is 2.25. The molecule has 0 radical (unpaired) electrons. The van der Waals surface area contributed by atoms with Gasteiger partial charge in [-0.3, -0.25) is 0 Å². The number of hydrogen-bond donors (Lipinski definition) is 1. The Hall–Kier alpha value is -2.46. The smallest absolute Gasteiger partial charge is 0.140 e. The molecule has 0 amide bonds. The predicted octanol–water partition coefficient (Wildman–Crippen LogP) is 3.24. The second kappa shape index (κ2) is 5.89. The Kier molecular flexibility index (Phi) is 3.79. The van der Waals surface area contributed by atoms with E-state index in [0.29, 0.717) is 6.54 Å². The molecule has 0 aliphatic heterocycles. The number of halogens is 1. The Balaban J connectivity index is 2.03. The highest BCUT2D eigenvalue weighted by atomic mass is 19.1. The Morgan fingerprint density at radius 1 is 1.05 bits per heavy atom. The van der Waals surface area contributed by atoms with Gasteiger partial charge in [0.1, 0.15) is 11.6 Å². The molecule has 3 rings (SSSR count). The lowest BCUT2D eigenvalue weighted by Gasteiger charge is -2.20. The zero-order valence-electron chi connectivity index (χ0n) is 11.5. The van der Waals surface area contributed by atoms with Gasteiger partial charge in [0.15, 0.2) is 0 Å². The molecule has 21 heavy (non-hydrogen) atoms. The third-order valence-electron chi connectivity index (χ3n) is 3.51. The SMILES string of the molecule is NCC(c1ccc(F)cc1)n1ccnc1-c1ccccc1. The van der Waals surface area contributed by atoms with Crippen LogP contribution in [0, 0.1) is 5.82 Å². The van der Waals surface area contributed by atoms with Crippen molar-refractivity contribution in [3.8, 4) is 11.4 Å². The van der Waals surface area contributed by atoms with Gasteiger partial charge in [-0.2, -0.15) is 0 Å². The van der Waals surface area contributed by atoms with Crippen LogP contribution in [0.1, 0.15) is 11.6 Å². The minimum Gasteiger partial charge on any atom is -0.328 e. The average Bonchev–Trinajstić information content (AvgIpc) is 3.00. The molecule has 3 aromatic rings. The van der Waals surface area contributed by atoms with Gasteiger partial charge in [0.05, 0.1) is 6.04 Å². The number of imidazole rings is 1. The van der Waals surface area contributed by atoms with E-state index in [9.17, 15) is 4.39 Å². The first-order chi connectivity index (χ1) is 10.3. The predicted molar refractivity (Wildman–Crippen MR) is 81.3 cm³/mol. The van der Waals surface area contributed by atoms with Crippen LogP contribution in [0.15, 0.2) is 67.0 Å². The molecule has 2 aromatic carbocycles. The van der Waals surface area contributed by atoms with Gasteiger partial charge in [-0.15, -0.1) is 0 Å². The first kappa shape index (κ1) is 13.5. The molecule has 1 aromatic heterocycles. The second-order valence-electron chi connectivity index (χ2n) is 4.83. The van der Waals surface area contributed by atoms with Crippen LogP contribution in [0.5, 0.6) is 0 Å². The van der Waals surface area contributed by atoms with Gasteiger partial charge in [0.2, 0.25) is 0 Å². The van der Waals surface area contributed by atoms with Crippen molar-refractivity contribution in [3.63, 3.8) is 0 Å². The van der Waals surface area contributed by atoms with Gasteiger partial charge in [-0.1, -0.05) is 42.5 Å². The number of nitrogens with two attached hydrogens (primary N) is 1. The molecule has 1 heterocycles. The van der Waals surface area contributed by atoms with E-state index in [2.05, 4.69) is 4.98 Å². The van der Waals surface area contributed by atoms with Gasteiger partial charge in [0.25, 0.3) is 0 Å².